The van der Waals surface area contributed by atoms with Crippen LogP contribution in [0.25, 0.3) is 0 Å². The first-order chi connectivity index (χ1) is 13.0. The summed E-state index contributed by atoms with van der Waals surface area (Å²) in [6, 6.07) is 0.0169. The van der Waals surface area contributed by atoms with E-state index in [2.05, 4.69) is 20.7 Å². The molecule has 0 saturated carbocycles. The summed E-state index contributed by atoms with van der Waals surface area (Å²) in [5.74, 6) is -0.301. The Labute approximate surface area is 157 Å². The molecule has 0 aromatic carbocycles. The summed E-state index contributed by atoms with van der Waals surface area (Å²) in [5.41, 5.74) is 1.73. The number of carbonyl (C=O) groups is 2. The molecule has 0 spiro atoms. The molecule has 0 aliphatic carbocycles. The normalized spacial score (nSPS) is 16.7. The minimum atomic E-state index is -0.288. The van der Waals surface area contributed by atoms with Crippen molar-refractivity contribution in [2.24, 2.45) is 7.05 Å². The molecule has 146 valence electrons. The zero-order valence-electron chi connectivity index (χ0n) is 15.9. The molecule has 1 aliphatic heterocycles. The Bertz CT molecular complexity index is 813. The Balaban J connectivity index is 1.64. The fourth-order valence-electron chi connectivity index (χ4n) is 3.22. The summed E-state index contributed by atoms with van der Waals surface area (Å²) in [4.78, 5) is 26.8. The minimum absolute atomic E-state index is 0.0132. The second-order valence-electron chi connectivity index (χ2n) is 6.64. The van der Waals surface area contributed by atoms with Crippen molar-refractivity contribution in [3.05, 3.63) is 29.3 Å². The quantitative estimate of drug-likeness (QED) is 0.683. The summed E-state index contributed by atoms with van der Waals surface area (Å²) < 4.78 is 8.22. The van der Waals surface area contributed by atoms with Crippen molar-refractivity contribution in [3.8, 4) is 0 Å². The van der Waals surface area contributed by atoms with Crippen LogP contribution in [-0.4, -0.2) is 74.3 Å². The van der Waals surface area contributed by atoms with E-state index in [1.54, 1.807) is 28.9 Å². The van der Waals surface area contributed by atoms with Crippen molar-refractivity contribution in [1.29, 1.82) is 0 Å². The molecule has 1 saturated heterocycles. The van der Waals surface area contributed by atoms with Crippen molar-refractivity contribution in [2.75, 3.05) is 26.8 Å². The van der Waals surface area contributed by atoms with Crippen LogP contribution < -0.4 is 5.32 Å². The van der Waals surface area contributed by atoms with Crippen molar-refractivity contribution < 1.29 is 14.3 Å². The van der Waals surface area contributed by atoms with Gasteiger partial charge in [-0.3, -0.25) is 14.3 Å². The maximum Gasteiger partial charge on any atom is 0.273 e. The predicted octanol–water partition coefficient (Wildman–Crippen LogP) is 0.00102. The van der Waals surface area contributed by atoms with Gasteiger partial charge in [-0.15, -0.1) is 5.10 Å². The van der Waals surface area contributed by atoms with Gasteiger partial charge in [-0.1, -0.05) is 5.21 Å². The van der Waals surface area contributed by atoms with Crippen LogP contribution in [0.4, 0.5) is 0 Å². The zero-order chi connectivity index (χ0) is 19.4. The molecule has 1 N–H and O–H groups in total. The first-order valence-electron chi connectivity index (χ1n) is 8.98. The Morgan fingerprint density at radius 1 is 1.41 bits per heavy atom. The first-order valence-corrected chi connectivity index (χ1v) is 8.98. The van der Waals surface area contributed by atoms with Crippen molar-refractivity contribution in [2.45, 2.75) is 32.4 Å². The number of hydrogen-bond acceptors (Lipinski definition) is 6. The van der Waals surface area contributed by atoms with E-state index in [1.165, 1.54) is 0 Å². The maximum atomic E-state index is 12.9. The highest BCUT2D eigenvalue weighted by atomic mass is 16.5. The summed E-state index contributed by atoms with van der Waals surface area (Å²) in [6.45, 7) is 3.95. The molecule has 3 rings (SSSR count). The predicted molar refractivity (Wildman–Crippen MR) is 96.2 cm³/mol. The van der Waals surface area contributed by atoms with E-state index >= 15 is 0 Å². The summed E-state index contributed by atoms with van der Waals surface area (Å²) >= 11 is 0. The SMILES string of the molecule is COCCNC(=O)c1cn(C[C@@H]2CCCN2C(=O)c2cnn(C)c2C)nn1. The molecular weight excluding hydrogens is 350 g/mol. The molecule has 0 radical (unpaired) electrons. The Hall–Kier alpha value is -2.75. The first kappa shape index (κ1) is 19.0. The lowest BCUT2D eigenvalue weighted by atomic mass is 10.2. The third-order valence-corrected chi connectivity index (χ3v) is 4.86. The van der Waals surface area contributed by atoms with Gasteiger partial charge in [0.05, 0.1) is 37.2 Å². The van der Waals surface area contributed by atoms with Crippen LogP contribution >= 0.6 is 0 Å². The Morgan fingerprint density at radius 2 is 2.22 bits per heavy atom. The molecule has 0 unspecified atom stereocenters. The van der Waals surface area contributed by atoms with Gasteiger partial charge >= 0.3 is 0 Å². The summed E-state index contributed by atoms with van der Waals surface area (Å²) in [5, 5.41) is 14.8. The highest BCUT2D eigenvalue weighted by Crippen LogP contribution is 2.22. The smallest absolute Gasteiger partial charge is 0.273 e. The van der Waals surface area contributed by atoms with E-state index < -0.39 is 0 Å². The van der Waals surface area contributed by atoms with Gasteiger partial charge in [-0.05, 0) is 19.8 Å². The lowest BCUT2D eigenvalue weighted by Gasteiger charge is -2.24. The van der Waals surface area contributed by atoms with Gasteiger partial charge in [-0.2, -0.15) is 5.10 Å². The number of methoxy groups -OCH3 is 1. The van der Waals surface area contributed by atoms with Crippen LogP contribution in [0.15, 0.2) is 12.4 Å². The number of aryl methyl sites for hydroxylation is 1. The lowest BCUT2D eigenvalue weighted by molar-refractivity contribution is 0.0720. The van der Waals surface area contributed by atoms with Crippen LogP contribution in [-0.2, 0) is 18.3 Å². The van der Waals surface area contributed by atoms with Crippen LogP contribution in [0.3, 0.4) is 0 Å². The van der Waals surface area contributed by atoms with Crippen molar-refractivity contribution in [1.82, 2.24) is 35.0 Å². The van der Waals surface area contributed by atoms with E-state index in [0.717, 1.165) is 18.5 Å². The van der Waals surface area contributed by atoms with Crippen LogP contribution in [0, 0.1) is 6.92 Å². The van der Waals surface area contributed by atoms with Gasteiger partial charge in [-0.25, -0.2) is 4.68 Å². The van der Waals surface area contributed by atoms with E-state index in [0.29, 0.717) is 31.8 Å². The standard InChI is InChI=1S/C17H25N7O3/c1-12-14(9-19-22(12)2)17(26)24-7-4-5-13(24)10-23-11-15(20-21-23)16(25)18-6-8-27-3/h9,11,13H,4-8,10H2,1-3H3,(H,18,25)/t13-/m0/s1. The number of rotatable bonds is 7. The summed E-state index contributed by atoms with van der Waals surface area (Å²) in [6.07, 6.45) is 5.05. The molecule has 0 bridgehead atoms. The molecule has 3 heterocycles. The second-order valence-corrected chi connectivity index (χ2v) is 6.64. The summed E-state index contributed by atoms with van der Waals surface area (Å²) in [7, 11) is 3.40. The third kappa shape index (κ3) is 4.16. The Morgan fingerprint density at radius 3 is 2.93 bits per heavy atom. The number of likely N-dealkylation sites (tertiary alicyclic amines) is 1. The number of hydrogen-bond donors (Lipinski definition) is 1. The third-order valence-electron chi connectivity index (χ3n) is 4.86. The second kappa shape index (κ2) is 8.30. The number of ether oxygens (including phenoxy) is 1. The Kier molecular flexibility index (Phi) is 5.84. The fourth-order valence-corrected chi connectivity index (χ4v) is 3.22. The number of aromatic nitrogens is 5. The highest BCUT2D eigenvalue weighted by Gasteiger charge is 2.31. The van der Waals surface area contributed by atoms with E-state index in [4.69, 9.17) is 4.74 Å². The van der Waals surface area contributed by atoms with E-state index in [1.807, 2.05) is 18.9 Å². The van der Waals surface area contributed by atoms with E-state index in [-0.39, 0.29) is 23.6 Å². The molecule has 2 amide bonds. The van der Waals surface area contributed by atoms with Crippen LogP contribution in [0.2, 0.25) is 0 Å². The van der Waals surface area contributed by atoms with E-state index in [9.17, 15) is 9.59 Å². The molecule has 1 atom stereocenters. The fraction of sp³-hybridized carbons (Fsp3) is 0.588. The number of nitrogens with zero attached hydrogens (tertiary/aromatic N) is 6. The lowest BCUT2D eigenvalue weighted by Crippen LogP contribution is -2.38. The molecule has 2 aromatic heterocycles. The van der Waals surface area contributed by atoms with Gasteiger partial charge in [0, 0.05) is 32.9 Å². The molecule has 2 aromatic rings. The largest absolute Gasteiger partial charge is 0.383 e. The molecule has 27 heavy (non-hydrogen) atoms. The highest BCUT2D eigenvalue weighted by molar-refractivity contribution is 5.95. The molecule has 10 heteroatoms. The number of amides is 2. The van der Waals surface area contributed by atoms with Crippen molar-refractivity contribution in [3.63, 3.8) is 0 Å². The molecule has 1 aliphatic rings. The average Bonchev–Trinajstić information content (AvgIpc) is 3.37. The minimum Gasteiger partial charge on any atom is -0.383 e. The van der Waals surface area contributed by atoms with Gasteiger partial charge in [0.1, 0.15) is 0 Å². The van der Waals surface area contributed by atoms with Gasteiger partial charge in [0.2, 0.25) is 0 Å². The molecule has 10 nitrogen and oxygen atoms in total. The maximum absolute atomic E-state index is 12.9. The van der Waals surface area contributed by atoms with Gasteiger partial charge in [0.15, 0.2) is 5.69 Å². The number of nitrogens with one attached hydrogen (secondary N) is 1. The molecule has 1 fully saturated rings. The topological polar surface area (TPSA) is 107 Å². The monoisotopic (exact) mass is 375 g/mol. The van der Waals surface area contributed by atoms with Gasteiger partial charge in [0.25, 0.3) is 11.8 Å². The van der Waals surface area contributed by atoms with Crippen molar-refractivity contribution >= 4 is 11.8 Å². The van der Waals surface area contributed by atoms with Crippen LogP contribution in [0.5, 0.6) is 0 Å². The zero-order valence-corrected chi connectivity index (χ0v) is 15.9. The average molecular weight is 375 g/mol. The van der Waals surface area contributed by atoms with Gasteiger partial charge < -0.3 is 15.0 Å². The molecular formula is C17H25N7O3. The number of carbonyl (C=O) groups excluding carboxylic acids is 2. The van der Waals surface area contributed by atoms with Crippen LogP contribution in [0.1, 0.15) is 39.4 Å².